The molecule has 0 spiro atoms. The van der Waals surface area contributed by atoms with E-state index < -0.39 is 0 Å². The van der Waals surface area contributed by atoms with Gasteiger partial charge in [-0.25, -0.2) is 0 Å². The molecule has 0 aliphatic carbocycles. The van der Waals surface area contributed by atoms with Gasteiger partial charge in [0.2, 0.25) is 0 Å². The van der Waals surface area contributed by atoms with Gasteiger partial charge < -0.3 is 14.4 Å². The van der Waals surface area contributed by atoms with Crippen LogP contribution in [0.2, 0.25) is 5.02 Å². The van der Waals surface area contributed by atoms with E-state index in [1.807, 2.05) is 36.4 Å². The lowest BCUT2D eigenvalue weighted by atomic mass is 10.1. The van der Waals surface area contributed by atoms with Gasteiger partial charge in [-0.05, 0) is 42.1 Å². The molecule has 0 N–H and O–H groups in total. The lowest BCUT2D eigenvalue weighted by molar-refractivity contribution is -0.121. The summed E-state index contributed by atoms with van der Waals surface area (Å²) in [7, 11) is 4.99. The highest BCUT2D eigenvalue weighted by molar-refractivity contribution is 9.10. The zero-order valence-electron chi connectivity index (χ0n) is 15.5. The van der Waals surface area contributed by atoms with E-state index >= 15 is 0 Å². The maximum atomic E-state index is 12.4. The van der Waals surface area contributed by atoms with Crippen molar-refractivity contribution in [3.05, 3.63) is 62.7 Å². The van der Waals surface area contributed by atoms with Gasteiger partial charge in [0.25, 0.3) is 5.91 Å². The molecule has 0 atom stereocenters. The van der Waals surface area contributed by atoms with Crippen LogP contribution < -0.4 is 9.47 Å². The van der Waals surface area contributed by atoms with Gasteiger partial charge in [0, 0.05) is 29.2 Å². The number of hydrogen-bond acceptors (Lipinski definition) is 4. The van der Waals surface area contributed by atoms with E-state index in [1.165, 1.54) is 4.90 Å². The van der Waals surface area contributed by atoms with E-state index in [0.717, 1.165) is 15.6 Å². The molecule has 8 heteroatoms. The number of ether oxygens (including phenoxy) is 2. The van der Waals surface area contributed by atoms with Crippen molar-refractivity contribution in [2.75, 3.05) is 21.2 Å². The summed E-state index contributed by atoms with van der Waals surface area (Å²) in [5.74, 6) is 0.957. The van der Waals surface area contributed by atoms with Crippen molar-refractivity contribution < 1.29 is 14.3 Å². The molecule has 0 radical (unpaired) electrons. The first-order valence-corrected chi connectivity index (χ1v) is 9.92. The minimum atomic E-state index is -0.155. The van der Waals surface area contributed by atoms with Crippen LogP contribution in [0.15, 0.2) is 46.6 Å². The van der Waals surface area contributed by atoms with Crippen molar-refractivity contribution in [2.45, 2.75) is 6.61 Å². The zero-order chi connectivity index (χ0) is 20.4. The SMILES string of the molecule is COc1cc(/C=C2/C(=O)N(C)C(=S)N2C)c(Br)cc1OCc1ccccc1Cl. The molecule has 2 aromatic carbocycles. The first kappa shape index (κ1) is 20.6. The minimum absolute atomic E-state index is 0.155. The Morgan fingerprint density at radius 1 is 1.18 bits per heavy atom. The predicted octanol–water partition coefficient (Wildman–Crippen LogP) is 4.72. The van der Waals surface area contributed by atoms with Crippen molar-refractivity contribution in [2.24, 2.45) is 0 Å². The molecule has 3 rings (SSSR count). The maximum absolute atomic E-state index is 12.4. The number of hydrogen-bond donors (Lipinski definition) is 0. The largest absolute Gasteiger partial charge is 0.493 e. The van der Waals surface area contributed by atoms with Crippen molar-refractivity contribution in [1.29, 1.82) is 0 Å². The number of benzene rings is 2. The highest BCUT2D eigenvalue weighted by Crippen LogP contribution is 2.36. The third-order valence-corrected chi connectivity index (χ3v) is 5.98. The fourth-order valence-corrected chi connectivity index (χ4v) is 3.55. The van der Waals surface area contributed by atoms with Crippen molar-refractivity contribution in [3.63, 3.8) is 0 Å². The van der Waals surface area contributed by atoms with Gasteiger partial charge in [-0.1, -0.05) is 45.7 Å². The molecule has 1 fully saturated rings. The fourth-order valence-electron chi connectivity index (χ4n) is 2.74. The fraction of sp³-hybridized carbons (Fsp3) is 0.200. The van der Waals surface area contributed by atoms with Gasteiger partial charge in [-0.3, -0.25) is 9.69 Å². The molecule has 0 unspecified atom stereocenters. The van der Waals surface area contributed by atoms with Crippen LogP contribution in [0.25, 0.3) is 6.08 Å². The van der Waals surface area contributed by atoms with Crippen LogP contribution in [-0.4, -0.2) is 42.0 Å². The smallest absolute Gasteiger partial charge is 0.276 e. The summed E-state index contributed by atoms with van der Waals surface area (Å²) in [5, 5.41) is 1.10. The van der Waals surface area contributed by atoms with Gasteiger partial charge in [-0.2, -0.15) is 0 Å². The molecule has 0 bridgehead atoms. The number of rotatable bonds is 5. The highest BCUT2D eigenvalue weighted by atomic mass is 79.9. The number of amides is 1. The van der Waals surface area contributed by atoms with Crippen LogP contribution in [0.3, 0.4) is 0 Å². The number of likely N-dealkylation sites (N-methyl/N-ethyl adjacent to an activating group) is 2. The van der Waals surface area contributed by atoms with Gasteiger partial charge in [0.05, 0.1) is 7.11 Å². The maximum Gasteiger partial charge on any atom is 0.276 e. The van der Waals surface area contributed by atoms with Crippen LogP contribution >= 0.6 is 39.7 Å². The molecule has 0 aromatic heterocycles. The van der Waals surface area contributed by atoms with Crippen molar-refractivity contribution in [3.8, 4) is 11.5 Å². The molecule has 2 aromatic rings. The Labute approximate surface area is 182 Å². The van der Waals surface area contributed by atoms with Crippen LogP contribution in [0.5, 0.6) is 11.5 Å². The third-order valence-electron chi connectivity index (χ3n) is 4.38. The molecular weight excluding hydrogens is 464 g/mol. The average Bonchev–Trinajstić information content (AvgIpc) is 2.86. The molecule has 146 valence electrons. The van der Waals surface area contributed by atoms with Gasteiger partial charge in [0.1, 0.15) is 12.3 Å². The quantitative estimate of drug-likeness (QED) is 0.457. The van der Waals surface area contributed by atoms with Crippen molar-refractivity contribution >= 4 is 56.8 Å². The van der Waals surface area contributed by atoms with Crippen molar-refractivity contribution in [1.82, 2.24) is 9.80 Å². The highest BCUT2D eigenvalue weighted by Gasteiger charge is 2.32. The first-order valence-electron chi connectivity index (χ1n) is 8.34. The van der Waals surface area contributed by atoms with Gasteiger partial charge in [0.15, 0.2) is 16.6 Å². The lowest BCUT2D eigenvalue weighted by Gasteiger charge is -2.14. The molecule has 1 aliphatic heterocycles. The number of thiocarbonyl (C=S) groups is 1. The van der Waals surface area contributed by atoms with E-state index in [9.17, 15) is 4.79 Å². The summed E-state index contributed by atoms with van der Waals surface area (Å²) in [5.41, 5.74) is 2.14. The Kier molecular flexibility index (Phi) is 6.27. The topological polar surface area (TPSA) is 42.0 Å². The molecule has 0 saturated carbocycles. The second-order valence-electron chi connectivity index (χ2n) is 6.14. The number of halogens is 2. The predicted molar refractivity (Wildman–Crippen MR) is 118 cm³/mol. The van der Waals surface area contributed by atoms with E-state index in [4.69, 9.17) is 33.3 Å². The number of nitrogens with zero attached hydrogens (tertiary/aromatic N) is 2. The lowest BCUT2D eigenvalue weighted by Crippen LogP contribution is -2.26. The summed E-state index contributed by atoms with van der Waals surface area (Å²) < 4.78 is 12.1. The normalized spacial score (nSPS) is 15.5. The van der Waals surface area contributed by atoms with Crippen LogP contribution in [0, 0.1) is 0 Å². The van der Waals surface area contributed by atoms with E-state index in [1.54, 1.807) is 32.2 Å². The van der Waals surface area contributed by atoms with Crippen LogP contribution in [0.1, 0.15) is 11.1 Å². The standard InChI is InChI=1S/C20H18BrClN2O3S/c1-23-16(19(25)24(2)20(23)28)8-13-9-17(26-3)18(10-14(13)21)27-11-12-6-4-5-7-15(12)22/h4-10H,11H2,1-3H3/b16-8-. The van der Waals surface area contributed by atoms with E-state index in [2.05, 4.69) is 15.9 Å². The second-order valence-corrected chi connectivity index (χ2v) is 7.77. The number of methoxy groups -OCH3 is 1. The third kappa shape index (κ3) is 4.01. The molecule has 1 saturated heterocycles. The Morgan fingerprint density at radius 2 is 1.89 bits per heavy atom. The molecule has 28 heavy (non-hydrogen) atoms. The Hall–Kier alpha value is -2.09. The Balaban J connectivity index is 1.90. The van der Waals surface area contributed by atoms with Crippen LogP contribution in [-0.2, 0) is 11.4 Å². The zero-order valence-corrected chi connectivity index (χ0v) is 18.7. The van der Waals surface area contributed by atoms with Gasteiger partial charge >= 0.3 is 0 Å². The Bertz CT molecular complexity index is 980. The minimum Gasteiger partial charge on any atom is -0.493 e. The summed E-state index contributed by atoms with van der Waals surface area (Å²) in [6.07, 6.45) is 1.77. The first-order chi connectivity index (χ1) is 13.3. The van der Waals surface area contributed by atoms with E-state index in [0.29, 0.717) is 33.9 Å². The molecule has 1 amide bonds. The average molecular weight is 482 g/mol. The molecule has 5 nitrogen and oxygen atoms in total. The molecule has 1 heterocycles. The summed E-state index contributed by atoms with van der Waals surface area (Å²) in [6, 6.07) is 11.1. The monoisotopic (exact) mass is 480 g/mol. The summed E-state index contributed by atoms with van der Waals surface area (Å²) in [4.78, 5) is 15.5. The Morgan fingerprint density at radius 3 is 2.50 bits per heavy atom. The number of carbonyl (C=O) groups is 1. The summed E-state index contributed by atoms with van der Waals surface area (Å²) in [6.45, 7) is 0.309. The van der Waals surface area contributed by atoms with Crippen LogP contribution in [0.4, 0.5) is 0 Å². The van der Waals surface area contributed by atoms with E-state index in [-0.39, 0.29) is 5.91 Å². The summed E-state index contributed by atoms with van der Waals surface area (Å²) >= 11 is 15.0. The molecule has 1 aliphatic rings. The van der Waals surface area contributed by atoms with Gasteiger partial charge in [-0.15, -0.1) is 0 Å². The number of carbonyl (C=O) groups excluding carboxylic acids is 1. The second kappa shape index (κ2) is 8.51. The molecular formula is C20H18BrClN2O3S.